The predicted molar refractivity (Wildman–Crippen MR) is 68.0 cm³/mol. The summed E-state index contributed by atoms with van der Waals surface area (Å²) in [5.41, 5.74) is 7.13. The molecule has 2 N–H and O–H groups in total. The van der Waals surface area contributed by atoms with Gasteiger partial charge in [0.15, 0.2) is 5.82 Å². The van der Waals surface area contributed by atoms with E-state index in [0.717, 1.165) is 11.4 Å². The Bertz CT molecular complexity index is 503. The van der Waals surface area contributed by atoms with Crippen LogP contribution >= 0.6 is 0 Å². The fraction of sp³-hybridized carbons (Fsp3) is 0.429. The summed E-state index contributed by atoms with van der Waals surface area (Å²) in [7, 11) is 0. The number of aromatic nitrogens is 2. The Morgan fingerprint density at radius 2 is 1.89 bits per heavy atom. The highest BCUT2D eigenvalue weighted by molar-refractivity contribution is 5.23. The van der Waals surface area contributed by atoms with Crippen LogP contribution in [0.1, 0.15) is 54.9 Å². The first-order valence-corrected chi connectivity index (χ1v) is 6.48. The average Bonchev–Trinajstić information content (AvgIpc) is 3.09. The van der Waals surface area contributed by atoms with Gasteiger partial charge in [0.1, 0.15) is 6.04 Å². The van der Waals surface area contributed by atoms with Gasteiger partial charge in [0, 0.05) is 5.92 Å². The molecule has 0 unspecified atom stereocenters. The second-order valence-electron chi connectivity index (χ2n) is 4.86. The molecule has 4 nitrogen and oxygen atoms in total. The summed E-state index contributed by atoms with van der Waals surface area (Å²) < 4.78 is 5.31. The highest BCUT2D eigenvalue weighted by Crippen LogP contribution is 2.32. The van der Waals surface area contributed by atoms with Gasteiger partial charge in [0.05, 0.1) is 0 Å². The molecular weight excluding hydrogens is 226 g/mol. The largest absolute Gasteiger partial charge is 0.337 e. The first kappa shape index (κ1) is 11.4. The Hall–Kier alpha value is -1.68. The van der Waals surface area contributed by atoms with Gasteiger partial charge < -0.3 is 10.3 Å². The molecule has 94 valence electrons. The fourth-order valence-electron chi connectivity index (χ4n) is 2.53. The van der Waals surface area contributed by atoms with Gasteiger partial charge in [-0.05, 0) is 18.4 Å². The quantitative estimate of drug-likeness (QED) is 0.900. The second-order valence-corrected chi connectivity index (χ2v) is 4.86. The maximum Gasteiger partial charge on any atom is 0.248 e. The minimum atomic E-state index is -0.325. The van der Waals surface area contributed by atoms with E-state index in [0.29, 0.717) is 11.8 Å². The van der Waals surface area contributed by atoms with E-state index in [1.54, 1.807) is 0 Å². The van der Waals surface area contributed by atoms with Gasteiger partial charge >= 0.3 is 0 Å². The van der Waals surface area contributed by atoms with Crippen LogP contribution in [0, 0.1) is 0 Å². The van der Waals surface area contributed by atoms with Crippen molar-refractivity contribution in [1.29, 1.82) is 0 Å². The third-order valence-corrected chi connectivity index (χ3v) is 3.60. The van der Waals surface area contributed by atoms with E-state index in [1.165, 1.54) is 25.7 Å². The molecule has 4 heteroatoms. The lowest BCUT2D eigenvalue weighted by Gasteiger charge is -2.06. The van der Waals surface area contributed by atoms with Crippen molar-refractivity contribution in [2.24, 2.45) is 5.73 Å². The average molecular weight is 243 g/mol. The number of benzene rings is 1. The van der Waals surface area contributed by atoms with Gasteiger partial charge in [-0.15, -0.1) is 0 Å². The molecule has 0 saturated heterocycles. The molecule has 0 aliphatic heterocycles. The van der Waals surface area contributed by atoms with Crippen molar-refractivity contribution in [3.05, 3.63) is 47.6 Å². The van der Waals surface area contributed by atoms with E-state index in [1.807, 2.05) is 30.3 Å². The minimum Gasteiger partial charge on any atom is -0.337 e. The zero-order chi connectivity index (χ0) is 12.4. The molecule has 3 rings (SSSR count). The van der Waals surface area contributed by atoms with Crippen molar-refractivity contribution in [2.75, 3.05) is 0 Å². The Balaban J connectivity index is 1.80. The lowest BCUT2D eigenvalue weighted by Crippen LogP contribution is -2.12. The third kappa shape index (κ3) is 2.16. The number of hydrogen-bond acceptors (Lipinski definition) is 4. The Kier molecular flexibility index (Phi) is 3.11. The fourth-order valence-corrected chi connectivity index (χ4v) is 2.53. The van der Waals surface area contributed by atoms with Crippen LogP contribution in [0.5, 0.6) is 0 Å². The van der Waals surface area contributed by atoms with E-state index < -0.39 is 0 Å². The van der Waals surface area contributed by atoms with Gasteiger partial charge in [-0.25, -0.2) is 0 Å². The molecule has 1 aromatic heterocycles. The normalized spacial score (nSPS) is 18.1. The highest BCUT2D eigenvalue weighted by Gasteiger charge is 2.24. The first-order chi connectivity index (χ1) is 8.84. The van der Waals surface area contributed by atoms with Gasteiger partial charge in [-0.2, -0.15) is 4.98 Å². The lowest BCUT2D eigenvalue weighted by atomic mass is 10.1. The van der Waals surface area contributed by atoms with Gasteiger partial charge in [0.25, 0.3) is 0 Å². The third-order valence-electron chi connectivity index (χ3n) is 3.60. The summed E-state index contributed by atoms with van der Waals surface area (Å²) in [5, 5.41) is 4.08. The van der Waals surface area contributed by atoms with Gasteiger partial charge in [-0.1, -0.05) is 48.3 Å². The van der Waals surface area contributed by atoms with Gasteiger partial charge in [0.2, 0.25) is 5.89 Å². The van der Waals surface area contributed by atoms with Crippen molar-refractivity contribution in [3.8, 4) is 0 Å². The Morgan fingerprint density at radius 1 is 1.17 bits per heavy atom. The summed E-state index contributed by atoms with van der Waals surface area (Å²) in [6, 6.07) is 9.52. The van der Waals surface area contributed by atoms with E-state index in [4.69, 9.17) is 10.3 Å². The van der Waals surface area contributed by atoms with Crippen molar-refractivity contribution in [2.45, 2.75) is 37.6 Å². The lowest BCUT2D eigenvalue weighted by molar-refractivity contribution is 0.359. The molecule has 1 aliphatic carbocycles. The zero-order valence-electron chi connectivity index (χ0n) is 10.2. The Labute approximate surface area is 106 Å². The molecule has 0 spiro atoms. The summed E-state index contributed by atoms with van der Waals surface area (Å²) in [5.74, 6) is 1.81. The van der Waals surface area contributed by atoms with E-state index >= 15 is 0 Å². The topological polar surface area (TPSA) is 64.9 Å². The van der Waals surface area contributed by atoms with Crippen LogP contribution in [0.25, 0.3) is 0 Å². The molecule has 2 aromatic rings. The van der Waals surface area contributed by atoms with Crippen LogP contribution in [-0.2, 0) is 0 Å². The van der Waals surface area contributed by atoms with Gasteiger partial charge in [-0.3, -0.25) is 0 Å². The predicted octanol–water partition coefficient (Wildman–Crippen LogP) is 2.78. The highest BCUT2D eigenvalue weighted by atomic mass is 16.5. The zero-order valence-corrected chi connectivity index (χ0v) is 10.2. The van der Waals surface area contributed by atoms with Crippen LogP contribution in [0.4, 0.5) is 0 Å². The van der Waals surface area contributed by atoms with E-state index in [9.17, 15) is 0 Å². The molecule has 1 heterocycles. The monoisotopic (exact) mass is 243 g/mol. The maximum atomic E-state index is 6.13. The number of nitrogens with two attached hydrogens (primary N) is 1. The molecule has 1 saturated carbocycles. The summed E-state index contributed by atoms with van der Waals surface area (Å²) in [6.45, 7) is 0. The van der Waals surface area contributed by atoms with E-state index in [-0.39, 0.29) is 6.04 Å². The standard InChI is InChI=1S/C14H17N3O/c15-12(10-6-2-1-3-7-10)14-16-13(17-18-14)11-8-4-5-9-11/h1-3,6-7,11-12H,4-5,8-9,15H2/t12-/m0/s1. The SMILES string of the molecule is N[C@@H](c1ccccc1)c1nc(C2CCCC2)no1. The molecule has 0 amide bonds. The minimum absolute atomic E-state index is 0.325. The van der Waals surface area contributed by atoms with Crippen LogP contribution < -0.4 is 5.73 Å². The molecule has 0 radical (unpaired) electrons. The number of nitrogens with zero attached hydrogens (tertiary/aromatic N) is 2. The van der Waals surface area contributed by atoms with Crippen LogP contribution in [0.2, 0.25) is 0 Å². The van der Waals surface area contributed by atoms with Crippen LogP contribution in [0.15, 0.2) is 34.9 Å². The van der Waals surface area contributed by atoms with Crippen LogP contribution in [-0.4, -0.2) is 10.1 Å². The molecule has 0 bridgehead atoms. The molecule has 1 atom stereocenters. The van der Waals surface area contributed by atoms with Crippen molar-refractivity contribution in [3.63, 3.8) is 0 Å². The summed E-state index contributed by atoms with van der Waals surface area (Å²) in [6.07, 6.45) is 4.86. The summed E-state index contributed by atoms with van der Waals surface area (Å²) in [4.78, 5) is 4.47. The second kappa shape index (κ2) is 4.90. The van der Waals surface area contributed by atoms with E-state index in [2.05, 4.69) is 10.1 Å². The van der Waals surface area contributed by atoms with Crippen molar-refractivity contribution < 1.29 is 4.52 Å². The van der Waals surface area contributed by atoms with Crippen molar-refractivity contribution in [1.82, 2.24) is 10.1 Å². The Morgan fingerprint density at radius 3 is 2.61 bits per heavy atom. The number of hydrogen-bond donors (Lipinski definition) is 1. The molecule has 1 aliphatic rings. The molecule has 1 fully saturated rings. The van der Waals surface area contributed by atoms with Crippen LogP contribution in [0.3, 0.4) is 0 Å². The first-order valence-electron chi connectivity index (χ1n) is 6.48. The molecule has 1 aromatic carbocycles. The maximum absolute atomic E-state index is 6.13. The molecular formula is C14H17N3O. The number of rotatable bonds is 3. The smallest absolute Gasteiger partial charge is 0.248 e. The molecule has 18 heavy (non-hydrogen) atoms. The summed E-state index contributed by atoms with van der Waals surface area (Å²) >= 11 is 0. The van der Waals surface area contributed by atoms with Crippen molar-refractivity contribution >= 4 is 0 Å².